The van der Waals surface area contributed by atoms with Crippen LogP contribution < -0.4 is 20.1 Å². The number of nitro groups is 1. The van der Waals surface area contributed by atoms with Crippen LogP contribution >= 0.6 is 0 Å². The van der Waals surface area contributed by atoms with E-state index >= 15 is 0 Å². The average molecular weight is 281 g/mol. The van der Waals surface area contributed by atoms with E-state index in [-0.39, 0.29) is 5.69 Å². The second-order valence-corrected chi connectivity index (χ2v) is 4.72. The number of rotatable bonds is 6. The van der Waals surface area contributed by atoms with E-state index in [0.717, 1.165) is 19.5 Å². The van der Waals surface area contributed by atoms with E-state index in [1.165, 1.54) is 20.3 Å². The van der Waals surface area contributed by atoms with Crippen LogP contribution in [0.4, 0.5) is 11.4 Å². The third kappa shape index (κ3) is 3.11. The number of nitrogens with one attached hydrogen (secondary N) is 2. The van der Waals surface area contributed by atoms with Crippen molar-refractivity contribution in [2.75, 3.05) is 39.2 Å². The van der Waals surface area contributed by atoms with E-state index in [4.69, 9.17) is 9.47 Å². The maximum atomic E-state index is 11.1. The molecule has 0 saturated carbocycles. The lowest BCUT2D eigenvalue weighted by molar-refractivity contribution is -0.384. The molecule has 1 heterocycles. The minimum Gasteiger partial charge on any atom is -0.493 e. The van der Waals surface area contributed by atoms with Crippen LogP contribution in [0.2, 0.25) is 0 Å². The van der Waals surface area contributed by atoms with Crippen LogP contribution in [-0.2, 0) is 0 Å². The molecule has 0 bridgehead atoms. The van der Waals surface area contributed by atoms with Crippen molar-refractivity contribution in [2.45, 2.75) is 6.42 Å². The monoisotopic (exact) mass is 281 g/mol. The molecule has 20 heavy (non-hydrogen) atoms. The molecule has 1 aromatic rings. The molecular weight excluding hydrogens is 262 g/mol. The molecule has 0 aliphatic carbocycles. The molecule has 1 aliphatic heterocycles. The zero-order chi connectivity index (χ0) is 14.5. The smallest absolute Gasteiger partial charge is 0.296 e. The Labute approximate surface area is 117 Å². The Bertz CT molecular complexity index is 487. The Morgan fingerprint density at radius 3 is 2.65 bits per heavy atom. The first kappa shape index (κ1) is 14.4. The standard InChI is InChI=1S/C13H19N3O4/c1-19-12-5-10(15-8-9-3-4-14-7-9)11(16(17)18)6-13(12)20-2/h5-6,9,14-15H,3-4,7-8H2,1-2H3. The molecule has 0 spiro atoms. The number of nitrogens with zero attached hydrogens (tertiary/aromatic N) is 1. The molecule has 1 saturated heterocycles. The fraction of sp³-hybridized carbons (Fsp3) is 0.538. The Hall–Kier alpha value is -2.02. The van der Waals surface area contributed by atoms with E-state index in [1.54, 1.807) is 6.07 Å². The fourth-order valence-corrected chi connectivity index (χ4v) is 2.30. The summed E-state index contributed by atoms with van der Waals surface area (Å²) in [6.45, 7) is 2.64. The molecule has 0 amide bonds. The maximum absolute atomic E-state index is 11.1. The third-order valence-electron chi connectivity index (χ3n) is 3.44. The largest absolute Gasteiger partial charge is 0.493 e. The van der Waals surface area contributed by atoms with Gasteiger partial charge in [-0.25, -0.2) is 0 Å². The third-order valence-corrected chi connectivity index (χ3v) is 3.44. The molecule has 1 unspecified atom stereocenters. The summed E-state index contributed by atoms with van der Waals surface area (Å²) in [6.07, 6.45) is 1.08. The molecule has 2 N–H and O–H groups in total. The first-order valence-electron chi connectivity index (χ1n) is 6.50. The molecule has 0 radical (unpaired) electrons. The van der Waals surface area contributed by atoms with E-state index in [1.807, 2.05) is 0 Å². The Morgan fingerprint density at radius 1 is 1.40 bits per heavy atom. The zero-order valence-corrected chi connectivity index (χ0v) is 11.6. The van der Waals surface area contributed by atoms with Crippen molar-refractivity contribution in [2.24, 2.45) is 5.92 Å². The molecule has 110 valence electrons. The van der Waals surface area contributed by atoms with Crippen molar-refractivity contribution in [3.05, 3.63) is 22.2 Å². The summed E-state index contributed by atoms with van der Waals surface area (Å²) in [7, 11) is 2.97. The van der Waals surface area contributed by atoms with Crippen LogP contribution in [0.1, 0.15) is 6.42 Å². The quantitative estimate of drug-likeness (QED) is 0.609. The SMILES string of the molecule is COc1cc(NCC2CCNC2)c([N+](=O)[O-])cc1OC. The number of hydrogen-bond acceptors (Lipinski definition) is 6. The summed E-state index contributed by atoms with van der Waals surface area (Å²) >= 11 is 0. The number of nitro benzene ring substituents is 1. The summed E-state index contributed by atoms with van der Waals surface area (Å²) in [5, 5.41) is 17.6. The first-order valence-corrected chi connectivity index (χ1v) is 6.50. The Kier molecular flexibility index (Phi) is 4.62. The van der Waals surface area contributed by atoms with Crippen molar-refractivity contribution < 1.29 is 14.4 Å². The lowest BCUT2D eigenvalue weighted by atomic mass is 10.1. The van der Waals surface area contributed by atoms with Crippen LogP contribution in [-0.4, -0.2) is 38.8 Å². The van der Waals surface area contributed by atoms with Gasteiger partial charge in [-0.15, -0.1) is 0 Å². The van der Waals surface area contributed by atoms with Gasteiger partial charge in [0.25, 0.3) is 5.69 Å². The summed E-state index contributed by atoms with van der Waals surface area (Å²) in [5.74, 6) is 1.32. The Balaban J connectivity index is 2.21. The topological polar surface area (TPSA) is 85.7 Å². The van der Waals surface area contributed by atoms with Crippen LogP contribution in [0, 0.1) is 16.0 Å². The highest BCUT2D eigenvalue weighted by atomic mass is 16.6. The van der Waals surface area contributed by atoms with Gasteiger partial charge in [0.15, 0.2) is 11.5 Å². The molecule has 7 heteroatoms. The van der Waals surface area contributed by atoms with Crippen LogP contribution in [0.15, 0.2) is 12.1 Å². The van der Waals surface area contributed by atoms with Crippen molar-refractivity contribution >= 4 is 11.4 Å². The highest BCUT2D eigenvalue weighted by Gasteiger charge is 2.21. The lowest BCUT2D eigenvalue weighted by Crippen LogP contribution is -2.17. The van der Waals surface area contributed by atoms with Gasteiger partial charge in [-0.2, -0.15) is 0 Å². The highest BCUT2D eigenvalue weighted by molar-refractivity contribution is 5.68. The maximum Gasteiger partial charge on any atom is 0.296 e. The van der Waals surface area contributed by atoms with Crippen molar-refractivity contribution in [3.63, 3.8) is 0 Å². The normalized spacial score (nSPS) is 17.8. The molecule has 1 atom stereocenters. The first-order chi connectivity index (χ1) is 9.65. The summed E-state index contributed by atoms with van der Waals surface area (Å²) in [4.78, 5) is 10.7. The number of ether oxygens (including phenoxy) is 2. The van der Waals surface area contributed by atoms with E-state index in [9.17, 15) is 10.1 Å². The molecule has 1 fully saturated rings. The second kappa shape index (κ2) is 6.42. The van der Waals surface area contributed by atoms with Crippen LogP contribution in [0.5, 0.6) is 11.5 Å². The minimum atomic E-state index is -0.419. The minimum absolute atomic E-state index is 0.00592. The van der Waals surface area contributed by atoms with E-state index in [0.29, 0.717) is 29.6 Å². The molecule has 1 aliphatic rings. The van der Waals surface area contributed by atoms with Crippen molar-refractivity contribution in [1.82, 2.24) is 5.32 Å². The summed E-state index contributed by atoms with van der Waals surface area (Å²) < 4.78 is 10.3. The molecule has 7 nitrogen and oxygen atoms in total. The van der Waals surface area contributed by atoms with Gasteiger partial charge in [-0.1, -0.05) is 0 Å². The summed E-state index contributed by atoms with van der Waals surface area (Å²) in [5.41, 5.74) is 0.452. The van der Waals surface area contributed by atoms with Crippen molar-refractivity contribution in [3.8, 4) is 11.5 Å². The van der Waals surface area contributed by atoms with Gasteiger partial charge >= 0.3 is 0 Å². The number of benzene rings is 1. The zero-order valence-electron chi connectivity index (χ0n) is 11.6. The lowest BCUT2D eigenvalue weighted by Gasteiger charge is -2.14. The van der Waals surface area contributed by atoms with Crippen LogP contribution in [0.25, 0.3) is 0 Å². The number of methoxy groups -OCH3 is 2. The highest BCUT2D eigenvalue weighted by Crippen LogP contribution is 2.37. The molecule has 2 rings (SSSR count). The van der Waals surface area contributed by atoms with Gasteiger partial charge in [0.2, 0.25) is 0 Å². The van der Waals surface area contributed by atoms with Gasteiger partial charge in [0, 0.05) is 12.6 Å². The molecule has 0 aromatic heterocycles. The van der Waals surface area contributed by atoms with Gasteiger partial charge in [-0.05, 0) is 25.4 Å². The second-order valence-electron chi connectivity index (χ2n) is 4.72. The van der Waals surface area contributed by atoms with Gasteiger partial charge < -0.3 is 20.1 Å². The predicted octanol–water partition coefficient (Wildman–Crippen LogP) is 1.63. The Morgan fingerprint density at radius 2 is 2.10 bits per heavy atom. The predicted molar refractivity (Wildman–Crippen MR) is 75.7 cm³/mol. The van der Waals surface area contributed by atoms with E-state index < -0.39 is 4.92 Å². The van der Waals surface area contributed by atoms with Gasteiger partial charge in [-0.3, -0.25) is 10.1 Å². The molecular formula is C13H19N3O4. The van der Waals surface area contributed by atoms with Crippen LogP contribution in [0.3, 0.4) is 0 Å². The fourth-order valence-electron chi connectivity index (χ4n) is 2.30. The number of hydrogen-bond donors (Lipinski definition) is 2. The van der Waals surface area contributed by atoms with Crippen molar-refractivity contribution in [1.29, 1.82) is 0 Å². The van der Waals surface area contributed by atoms with E-state index in [2.05, 4.69) is 10.6 Å². The number of anilines is 1. The summed E-state index contributed by atoms with van der Waals surface area (Å²) in [6, 6.07) is 2.99. The average Bonchev–Trinajstić information content (AvgIpc) is 2.97. The van der Waals surface area contributed by atoms with Gasteiger partial charge in [0.1, 0.15) is 5.69 Å². The molecule has 1 aromatic carbocycles. The van der Waals surface area contributed by atoms with Gasteiger partial charge in [0.05, 0.1) is 25.2 Å².